The maximum absolute atomic E-state index is 13.1. The van der Waals surface area contributed by atoms with Crippen LogP contribution in [0.25, 0.3) is 5.69 Å². The summed E-state index contributed by atoms with van der Waals surface area (Å²) in [5, 5.41) is 3.80. The second-order valence-corrected chi connectivity index (χ2v) is 8.52. The molecule has 1 fully saturated rings. The van der Waals surface area contributed by atoms with Crippen LogP contribution in [0.5, 0.6) is 11.5 Å². The first-order valence-corrected chi connectivity index (χ1v) is 11.3. The van der Waals surface area contributed by atoms with Gasteiger partial charge in [-0.25, -0.2) is 0 Å². The number of aromatic nitrogens is 1. The molecular weight excluding hydrogens is 402 g/mol. The Balaban J connectivity index is 1.33. The quantitative estimate of drug-likeness (QED) is 0.629. The number of fused-ring (bicyclic) bond motifs is 4. The normalized spacial score (nSPS) is 16.1. The summed E-state index contributed by atoms with van der Waals surface area (Å²) in [7, 11) is 1.69. The van der Waals surface area contributed by atoms with Gasteiger partial charge in [-0.1, -0.05) is 6.92 Å². The molecule has 3 heterocycles. The number of hydrogen-bond donors (Lipinski definition) is 1. The molecule has 32 heavy (non-hydrogen) atoms. The molecule has 0 aliphatic carbocycles. The highest BCUT2D eigenvalue weighted by molar-refractivity contribution is 5.94. The van der Waals surface area contributed by atoms with Gasteiger partial charge in [0.1, 0.15) is 11.5 Å². The number of carbonyl (C=O) groups is 1. The molecule has 0 radical (unpaired) electrons. The SMILES string of the molecule is CCCOc1ccc(C(=O)N2CCC3(CC2)Nc2cc(OC)ccc2-n2cccc23)cc1. The van der Waals surface area contributed by atoms with Gasteiger partial charge in [-0.15, -0.1) is 0 Å². The minimum Gasteiger partial charge on any atom is -0.497 e. The first-order chi connectivity index (χ1) is 15.6. The molecule has 1 aromatic heterocycles. The topological polar surface area (TPSA) is 55.7 Å². The number of rotatable bonds is 5. The van der Waals surface area contributed by atoms with E-state index in [4.69, 9.17) is 9.47 Å². The Kier molecular flexibility index (Phi) is 5.29. The van der Waals surface area contributed by atoms with E-state index in [-0.39, 0.29) is 11.4 Å². The van der Waals surface area contributed by atoms with Crippen LogP contribution >= 0.6 is 0 Å². The fraction of sp³-hybridized carbons (Fsp3) is 0.346. The maximum atomic E-state index is 13.1. The molecule has 0 saturated carbocycles. The van der Waals surface area contributed by atoms with E-state index in [1.165, 1.54) is 5.69 Å². The van der Waals surface area contributed by atoms with E-state index in [0.29, 0.717) is 25.3 Å². The van der Waals surface area contributed by atoms with Gasteiger partial charge in [0, 0.05) is 36.6 Å². The third-order valence-electron chi connectivity index (χ3n) is 6.55. The molecule has 2 aromatic carbocycles. The first kappa shape index (κ1) is 20.5. The Labute approximate surface area is 188 Å². The van der Waals surface area contributed by atoms with E-state index < -0.39 is 0 Å². The number of carbonyl (C=O) groups excluding carboxylic acids is 1. The van der Waals surface area contributed by atoms with Gasteiger partial charge in [-0.3, -0.25) is 4.79 Å². The van der Waals surface area contributed by atoms with Crippen molar-refractivity contribution < 1.29 is 14.3 Å². The van der Waals surface area contributed by atoms with Crippen LogP contribution in [0.3, 0.4) is 0 Å². The Morgan fingerprint density at radius 3 is 2.53 bits per heavy atom. The van der Waals surface area contributed by atoms with E-state index in [1.807, 2.05) is 35.2 Å². The third kappa shape index (κ3) is 3.49. The number of benzene rings is 2. The van der Waals surface area contributed by atoms with Crippen molar-refractivity contribution in [3.8, 4) is 17.2 Å². The van der Waals surface area contributed by atoms with Crippen LogP contribution in [0.1, 0.15) is 42.2 Å². The molecule has 6 heteroatoms. The number of methoxy groups -OCH3 is 1. The van der Waals surface area contributed by atoms with Gasteiger partial charge in [-0.2, -0.15) is 0 Å². The zero-order valence-corrected chi connectivity index (χ0v) is 18.6. The summed E-state index contributed by atoms with van der Waals surface area (Å²) >= 11 is 0. The summed E-state index contributed by atoms with van der Waals surface area (Å²) in [5.41, 5.74) is 3.95. The van der Waals surface area contributed by atoms with Crippen molar-refractivity contribution in [2.45, 2.75) is 31.7 Å². The minimum atomic E-state index is -0.197. The number of piperidine rings is 1. The first-order valence-electron chi connectivity index (χ1n) is 11.3. The zero-order chi connectivity index (χ0) is 22.1. The van der Waals surface area contributed by atoms with Crippen LogP contribution in [-0.2, 0) is 5.54 Å². The monoisotopic (exact) mass is 431 g/mol. The standard InChI is InChI=1S/C26H29N3O3/c1-3-17-32-20-8-6-19(7-9-20)25(30)28-15-12-26(13-16-28)24-5-4-14-29(24)23-11-10-21(31-2)18-22(23)27-26/h4-11,14,18,27H,3,12-13,15-17H2,1-2H3. The van der Waals surface area contributed by atoms with Gasteiger partial charge >= 0.3 is 0 Å². The van der Waals surface area contributed by atoms with Gasteiger partial charge in [0.05, 0.1) is 30.6 Å². The lowest BCUT2D eigenvalue weighted by Crippen LogP contribution is -2.51. The third-order valence-corrected chi connectivity index (χ3v) is 6.55. The molecule has 166 valence electrons. The Hall–Kier alpha value is -3.41. The predicted octanol–water partition coefficient (Wildman–Crippen LogP) is 4.83. The van der Waals surface area contributed by atoms with Gasteiger partial charge in [-0.05, 0) is 67.8 Å². The van der Waals surface area contributed by atoms with Crippen molar-refractivity contribution in [2.75, 3.05) is 32.1 Å². The molecule has 1 spiro atoms. The molecule has 0 bridgehead atoms. The Bertz CT molecular complexity index is 1110. The average molecular weight is 432 g/mol. The number of nitrogens with one attached hydrogen (secondary N) is 1. The molecule has 3 aromatic rings. The van der Waals surface area contributed by atoms with Crippen LogP contribution < -0.4 is 14.8 Å². The van der Waals surface area contributed by atoms with Crippen molar-refractivity contribution in [1.82, 2.24) is 9.47 Å². The molecule has 2 aliphatic heterocycles. The molecule has 1 N–H and O–H groups in total. The van der Waals surface area contributed by atoms with Crippen molar-refractivity contribution in [2.24, 2.45) is 0 Å². The fourth-order valence-electron chi connectivity index (χ4n) is 4.82. The number of hydrogen-bond acceptors (Lipinski definition) is 4. The smallest absolute Gasteiger partial charge is 0.253 e. The second kappa shape index (κ2) is 8.26. The van der Waals surface area contributed by atoms with E-state index in [1.54, 1.807) is 7.11 Å². The van der Waals surface area contributed by atoms with Crippen LogP contribution in [0.4, 0.5) is 5.69 Å². The fourth-order valence-corrected chi connectivity index (χ4v) is 4.82. The number of ether oxygens (including phenoxy) is 2. The van der Waals surface area contributed by atoms with E-state index in [2.05, 4.69) is 47.3 Å². The highest BCUT2D eigenvalue weighted by Crippen LogP contribution is 2.44. The van der Waals surface area contributed by atoms with Gasteiger partial charge in [0.15, 0.2) is 0 Å². The molecular formula is C26H29N3O3. The van der Waals surface area contributed by atoms with E-state index in [0.717, 1.165) is 42.1 Å². The van der Waals surface area contributed by atoms with Crippen LogP contribution in [0.2, 0.25) is 0 Å². The number of nitrogens with zero attached hydrogens (tertiary/aromatic N) is 2. The molecule has 0 unspecified atom stereocenters. The highest BCUT2D eigenvalue weighted by atomic mass is 16.5. The zero-order valence-electron chi connectivity index (χ0n) is 18.6. The van der Waals surface area contributed by atoms with Crippen molar-refractivity contribution in [3.63, 3.8) is 0 Å². The van der Waals surface area contributed by atoms with Gasteiger partial charge in [0.2, 0.25) is 0 Å². The highest BCUT2D eigenvalue weighted by Gasteiger charge is 2.42. The predicted molar refractivity (Wildman–Crippen MR) is 125 cm³/mol. The van der Waals surface area contributed by atoms with Crippen molar-refractivity contribution in [1.29, 1.82) is 0 Å². The maximum Gasteiger partial charge on any atom is 0.253 e. The summed E-state index contributed by atoms with van der Waals surface area (Å²) in [5.74, 6) is 1.72. The lowest BCUT2D eigenvalue weighted by molar-refractivity contribution is 0.0676. The van der Waals surface area contributed by atoms with E-state index >= 15 is 0 Å². The number of likely N-dealkylation sites (tertiary alicyclic amines) is 1. The summed E-state index contributed by atoms with van der Waals surface area (Å²) in [6.07, 6.45) is 4.77. The summed E-state index contributed by atoms with van der Waals surface area (Å²) in [4.78, 5) is 15.1. The van der Waals surface area contributed by atoms with Crippen molar-refractivity contribution in [3.05, 3.63) is 72.1 Å². The van der Waals surface area contributed by atoms with Gasteiger partial charge in [0.25, 0.3) is 5.91 Å². The molecule has 1 saturated heterocycles. The lowest BCUT2D eigenvalue weighted by atomic mass is 9.82. The molecule has 6 nitrogen and oxygen atoms in total. The Morgan fingerprint density at radius 2 is 1.81 bits per heavy atom. The largest absolute Gasteiger partial charge is 0.497 e. The van der Waals surface area contributed by atoms with Gasteiger partial charge < -0.3 is 24.3 Å². The number of amides is 1. The van der Waals surface area contributed by atoms with E-state index in [9.17, 15) is 4.79 Å². The number of anilines is 1. The molecule has 0 atom stereocenters. The molecule has 2 aliphatic rings. The van der Waals surface area contributed by atoms with Crippen LogP contribution in [0.15, 0.2) is 60.8 Å². The summed E-state index contributed by atoms with van der Waals surface area (Å²) in [6.45, 7) is 4.16. The molecule has 5 rings (SSSR count). The van der Waals surface area contributed by atoms with Crippen LogP contribution in [0, 0.1) is 0 Å². The Morgan fingerprint density at radius 1 is 1.06 bits per heavy atom. The lowest BCUT2D eigenvalue weighted by Gasteiger charge is -2.46. The molecule has 1 amide bonds. The second-order valence-electron chi connectivity index (χ2n) is 8.52. The van der Waals surface area contributed by atoms with Crippen molar-refractivity contribution >= 4 is 11.6 Å². The summed E-state index contributed by atoms with van der Waals surface area (Å²) in [6, 6.07) is 17.9. The average Bonchev–Trinajstić information content (AvgIpc) is 3.34. The summed E-state index contributed by atoms with van der Waals surface area (Å²) < 4.78 is 13.3. The minimum absolute atomic E-state index is 0.0788. The van der Waals surface area contributed by atoms with Crippen LogP contribution in [-0.4, -0.2) is 42.2 Å².